The van der Waals surface area contributed by atoms with Crippen LogP contribution in [0.15, 0.2) is 0 Å². The van der Waals surface area contributed by atoms with Crippen molar-refractivity contribution in [2.24, 2.45) is 29.0 Å². The maximum Gasteiger partial charge on any atom is 0.243 e. The van der Waals surface area contributed by atoms with Gasteiger partial charge in [-0.1, -0.05) is 40.5 Å². The Labute approximate surface area is 179 Å². The molecule has 0 aromatic carbocycles. The molecule has 0 radical (unpaired) electrons. The smallest absolute Gasteiger partial charge is 0.243 e. The van der Waals surface area contributed by atoms with Crippen LogP contribution in [0.25, 0.3) is 0 Å². The Balaban J connectivity index is 5.21. The second-order valence-corrected chi connectivity index (χ2v) is 8.14. The van der Waals surface area contributed by atoms with Gasteiger partial charge in [0, 0.05) is 0 Å². The number of carbonyl (C=O) groups excluding carboxylic acids is 4. The molecule has 0 spiro atoms. The highest BCUT2D eigenvalue weighted by atomic mass is 16.2. The van der Waals surface area contributed by atoms with Crippen LogP contribution in [-0.2, 0) is 19.2 Å². The summed E-state index contributed by atoms with van der Waals surface area (Å²) in [5.41, 5.74) is 16.5. The van der Waals surface area contributed by atoms with E-state index >= 15 is 0 Å². The minimum Gasteiger partial charge on any atom is -0.368 e. The maximum absolute atomic E-state index is 12.9. The van der Waals surface area contributed by atoms with E-state index in [1.165, 1.54) is 0 Å². The summed E-state index contributed by atoms with van der Waals surface area (Å²) in [5.74, 6) is -2.10. The number of hydrogen-bond donors (Lipinski definition) is 6. The zero-order valence-corrected chi connectivity index (χ0v) is 18.7. The van der Waals surface area contributed by atoms with Crippen molar-refractivity contribution in [2.45, 2.75) is 77.9 Å². The molecule has 4 amide bonds. The third kappa shape index (κ3) is 11.1. The van der Waals surface area contributed by atoms with E-state index in [0.717, 1.165) is 12.8 Å². The molecule has 174 valence electrons. The van der Waals surface area contributed by atoms with Gasteiger partial charge in [-0.15, -0.1) is 0 Å². The van der Waals surface area contributed by atoms with Crippen molar-refractivity contribution >= 4 is 23.6 Å². The molecule has 0 rings (SSSR count). The molecule has 30 heavy (non-hydrogen) atoms. The highest BCUT2D eigenvalue weighted by Crippen LogP contribution is 2.11. The van der Waals surface area contributed by atoms with E-state index in [0.29, 0.717) is 25.8 Å². The Morgan fingerprint density at radius 2 is 1.57 bits per heavy atom. The SMILES string of the molecule is CC[C@H](C)[C@H](NC(=O)[C@@H](N)CCCCN)C(=O)N[C@@H](CC(C)C)C(=O)NCC(N)=O. The summed E-state index contributed by atoms with van der Waals surface area (Å²) in [7, 11) is 0. The predicted molar refractivity (Wildman–Crippen MR) is 116 cm³/mol. The molecule has 0 bridgehead atoms. The number of rotatable bonds is 15. The molecule has 0 saturated carbocycles. The number of nitrogens with one attached hydrogen (secondary N) is 3. The van der Waals surface area contributed by atoms with Gasteiger partial charge in [0.25, 0.3) is 0 Å². The lowest BCUT2D eigenvalue weighted by molar-refractivity contribution is -0.134. The fraction of sp³-hybridized carbons (Fsp3) is 0.800. The van der Waals surface area contributed by atoms with E-state index in [9.17, 15) is 19.2 Å². The first-order valence-electron chi connectivity index (χ1n) is 10.7. The van der Waals surface area contributed by atoms with Crippen LogP contribution < -0.4 is 33.2 Å². The van der Waals surface area contributed by atoms with E-state index in [1.54, 1.807) is 0 Å². The second kappa shape index (κ2) is 14.7. The van der Waals surface area contributed by atoms with Gasteiger partial charge in [-0.05, 0) is 37.6 Å². The molecular weight excluding hydrogens is 388 g/mol. The first kappa shape index (κ1) is 27.8. The molecule has 0 aromatic heterocycles. The van der Waals surface area contributed by atoms with Crippen LogP contribution in [0.3, 0.4) is 0 Å². The average molecular weight is 429 g/mol. The van der Waals surface area contributed by atoms with Crippen LogP contribution in [0.4, 0.5) is 0 Å². The molecule has 0 heterocycles. The van der Waals surface area contributed by atoms with Crippen LogP contribution in [0.1, 0.15) is 59.8 Å². The lowest BCUT2D eigenvalue weighted by Gasteiger charge is -2.28. The summed E-state index contributed by atoms with van der Waals surface area (Å²) in [6.45, 7) is 7.79. The van der Waals surface area contributed by atoms with Crippen molar-refractivity contribution in [3.05, 3.63) is 0 Å². The third-order valence-corrected chi connectivity index (χ3v) is 4.88. The van der Waals surface area contributed by atoms with Gasteiger partial charge in [-0.25, -0.2) is 0 Å². The fourth-order valence-corrected chi connectivity index (χ4v) is 2.86. The van der Waals surface area contributed by atoms with Gasteiger partial charge in [0.05, 0.1) is 12.6 Å². The number of nitrogens with two attached hydrogens (primary N) is 3. The van der Waals surface area contributed by atoms with Gasteiger partial charge < -0.3 is 33.2 Å². The van der Waals surface area contributed by atoms with Crippen LogP contribution in [0.2, 0.25) is 0 Å². The molecule has 10 heteroatoms. The molecule has 0 aliphatic rings. The Morgan fingerprint density at radius 1 is 0.933 bits per heavy atom. The number of unbranched alkanes of at least 4 members (excludes halogenated alkanes) is 1. The molecule has 0 aliphatic carbocycles. The zero-order chi connectivity index (χ0) is 23.3. The monoisotopic (exact) mass is 428 g/mol. The normalized spacial score (nSPS) is 15.0. The van der Waals surface area contributed by atoms with Crippen molar-refractivity contribution in [1.29, 1.82) is 0 Å². The second-order valence-electron chi connectivity index (χ2n) is 8.14. The Bertz CT molecular complexity index is 569. The Kier molecular flexibility index (Phi) is 13.7. The fourth-order valence-electron chi connectivity index (χ4n) is 2.86. The lowest BCUT2D eigenvalue weighted by Crippen LogP contribution is -2.58. The number of hydrogen-bond acceptors (Lipinski definition) is 6. The Morgan fingerprint density at radius 3 is 2.07 bits per heavy atom. The quantitative estimate of drug-likeness (QED) is 0.184. The standard InChI is InChI=1S/C20H40N6O4/c1-5-13(4)17(26-18(28)14(22)8-6-7-9-21)20(30)25-15(10-12(2)3)19(29)24-11-16(23)27/h12-15,17H,5-11,21-22H2,1-4H3,(H2,23,27)(H,24,29)(H,25,30)(H,26,28)/t13-,14-,15-,17-/m0/s1. The summed E-state index contributed by atoms with van der Waals surface area (Å²) in [4.78, 5) is 48.8. The average Bonchev–Trinajstić information content (AvgIpc) is 2.68. The highest BCUT2D eigenvalue weighted by molar-refractivity contribution is 5.94. The van der Waals surface area contributed by atoms with Crippen LogP contribution >= 0.6 is 0 Å². The van der Waals surface area contributed by atoms with Crippen molar-refractivity contribution < 1.29 is 19.2 Å². The van der Waals surface area contributed by atoms with Crippen LogP contribution in [-0.4, -0.2) is 54.8 Å². The largest absolute Gasteiger partial charge is 0.368 e. The molecule has 0 unspecified atom stereocenters. The first-order chi connectivity index (χ1) is 14.0. The van der Waals surface area contributed by atoms with Gasteiger partial charge in [0.2, 0.25) is 23.6 Å². The first-order valence-corrected chi connectivity index (χ1v) is 10.7. The third-order valence-electron chi connectivity index (χ3n) is 4.88. The van der Waals surface area contributed by atoms with E-state index < -0.39 is 41.8 Å². The lowest BCUT2D eigenvalue weighted by atomic mass is 9.96. The van der Waals surface area contributed by atoms with E-state index in [2.05, 4.69) is 16.0 Å². The summed E-state index contributed by atoms with van der Waals surface area (Å²) in [6.07, 6.45) is 2.98. The van der Waals surface area contributed by atoms with E-state index in [-0.39, 0.29) is 18.4 Å². The number of primary amides is 1. The van der Waals surface area contributed by atoms with Crippen molar-refractivity contribution in [2.75, 3.05) is 13.1 Å². The van der Waals surface area contributed by atoms with Crippen LogP contribution in [0, 0.1) is 11.8 Å². The molecule has 0 aromatic rings. The number of carbonyl (C=O) groups is 4. The predicted octanol–water partition coefficient (Wildman–Crippen LogP) is -0.894. The maximum atomic E-state index is 12.9. The topological polar surface area (TPSA) is 182 Å². The summed E-state index contributed by atoms with van der Waals surface area (Å²) in [5, 5.41) is 7.85. The summed E-state index contributed by atoms with van der Waals surface area (Å²) >= 11 is 0. The van der Waals surface area contributed by atoms with Crippen molar-refractivity contribution in [3.63, 3.8) is 0 Å². The minimum atomic E-state index is -0.849. The van der Waals surface area contributed by atoms with E-state index in [1.807, 2.05) is 27.7 Å². The van der Waals surface area contributed by atoms with Gasteiger partial charge in [-0.3, -0.25) is 19.2 Å². The van der Waals surface area contributed by atoms with Crippen molar-refractivity contribution in [3.8, 4) is 0 Å². The summed E-state index contributed by atoms with van der Waals surface area (Å²) in [6, 6.07) is -2.42. The molecule has 9 N–H and O–H groups in total. The number of amides is 4. The van der Waals surface area contributed by atoms with Gasteiger partial charge in [0.15, 0.2) is 0 Å². The molecule has 4 atom stereocenters. The van der Waals surface area contributed by atoms with Gasteiger partial charge in [-0.2, -0.15) is 0 Å². The minimum absolute atomic E-state index is 0.113. The summed E-state index contributed by atoms with van der Waals surface area (Å²) < 4.78 is 0. The highest BCUT2D eigenvalue weighted by Gasteiger charge is 2.31. The molecule has 0 fully saturated rings. The van der Waals surface area contributed by atoms with Gasteiger partial charge >= 0.3 is 0 Å². The molecule has 0 aliphatic heterocycles. The molecule has 10 nitrogen and oxygen atoms in total. The van der Waals surface area contributed by atoms with E-state index in [4.69, 9.17) is 17.2 Å². The van der Waals surface area contributed by atoms with Gasteiger partial charge in [0.1, 0.15) is 12.1 Å². The molecule has 0 saturated heterocycles. The van der Waals surface area contributed by atoms with Crippen molar-refractivity contribution in [1.82, 2.24) is 16.0 Å². The molecular formula is C20H40N6O4. The van der Waals surface area contributed by atoms with Crippen LogP contribution in [0.5, 0.6) is 0 Å². The Hall–Kier alpha value is -2.20. The zero-order valence-electron chi connectivity index (χ0n) is 18.7.